The van der Waals surface area contributed by atoms with Crippen molar-refractivity contribution in [2.45, 2.75) is 13.3 Å². The third-order valence-electron chi connectivity index (χ3n) is 3.35. The monoisotopic (exact) mass is 288 g/mol. The average Bonchev–Trinajstić information content (AvgIpc) is 2.91. The van der Waals surface area contributed by atoms with Crippen LogP contribution >= 0.6 is 11.3 Å². The van der Waals surface area contributed by atoms with Crippen LogP contribution in [0.3, 0.4) is 0 Å². The van der Waals surface area contributed by atoms with E-state index in [1.807, 2.05) is 24.3 Å². The Kier molecular flexibility index (Phi) is 5.42. The third kappa shape index (κ3) is 3.86. The number of aryl methyl sites for hydroxylation is 1. The summed E-state index contributed by atoms with van der Waals surface area (Å²) in [5.74, 6) is -0.194. The molecular weight excluding hydrogens is 274 g/mol. The average molecular weight is 288 g/mol. The molecule has 1 heterocycles. The molecule has 21 heavy (non-hydrogen) atoms. The van der Waals surface area contributed by atoms with Crippen LogP contribution in [0.5, 0.6) is 0 Å². The summed E-state index contributed by atoms with van der Waals surface area (Å²) in [5.41, 5.74) is 3.67. The Morgan fingerprint density at radius 1 is 1.05 bits per heavy atom. The second-order valence-corrected chi connectivity index (χ2v) is 5.97. The van der Waals surface area contributed by atoms with Gasteiger partial charge in [0.05, 0.1) is 0 Å². The van der Waals surface area contributed by atoms with Crippen LogP contribution in [0.2, 0.25) is 0 Å². The summed E-state index contributed by atoms with van der Waals surface area (Å²) in [4.78, 5) is 2.49. The second-order valence-electron chi connectivity index (χ2n) is 4.80. The van der Waals surface area contributed by atoms with Crippen molar-refractivity contribution in [2.24, 2.45) is 0 Å². The summed E-state index contributed by atoms with van der Waals surface area (Å²) in [7, 11) is 0. The summed E-state index contributed by atoms with van der Waals surface area (Å²) in [6.45, 7) is 2.12. The Bertz CT molecular complexity index is 716. The maximum absolute atomic E-state index is 12.9. The predicted octanol–water partition coefficient (Wildman–Crippen LogP) is 2.26. The van der Waals surface area contributed by atoms with Crippen LogP contribution in [0.1, 0.15) is 16.0 Å². The largest absolute Gasteiger partial charge is 1.00 e. The molecule has 0 atom stereocenters. The standard InChI is InChI=1S/C18H14FS.Li/c1-13-4-2-3-5-15(13)12-17-10-11-18(20-17)14-6-8-16(19)9-7-14;/h2,4-11H,12H2,1H3;/q-1;+1. The molecule has 0 aliphatic heterocycles. The van der Waals surface area contributed by atoms with E-state index in [-0.39, 0.29) is 24.7 Å². The van der Waals surface area contributed by atoms with Crippen molar-refractivity contribution in [2.75, 3.05) is 0 Å². The third-order valence-corrected chi connectivity index (χ3v) is 4.48. The van der Waals surface area contributed by atoms with Gasteiger partial charge in [-0.2, -0.15) is 29.8 Å². The van der Waals surface area contributed by atoms with Crippen molar-refractivity contribution >= 4 is 11.3 Å². The molecule has 0 aliphatic carbocycles. The first-order valence-corrected chi connectivity index (χ1v) is 7.34. The molecule has 3 rings (SSSR count). The topological polar surface area (TPSA) is 0 Å². The van der Waals surface area contributed by atoms with Crippen molar-refractivity contribution in [3.63, 3.8) is 0 Å². The van der Waals surface area contributed by atoms with Gasteiger partial charge in [0.15, 0.2) is 0 Å². The van der Waals surface area contributed by atoms with Gasteiger partial charge in [0.2, 0.25) is 0 Å². The van der Waals surface area contributed by atoms with Crippen LogP contribution in [0, 0.1) is 18.8 Å². The van der Waals surface area contributed by atoms with Crippen LogP contribution in [0.4, 0.5) is 4.39 Å². The van der Waals surface area contributed by atoms with E-state index < -0.39 is 0 Å². The van der Waals surface area contributed by atoms with E-state index in [1.165, 1.54) is 33.0 Å². The molecule has 0 saturated carbocycles. The Morgan fingerprint density at radius 2 is 1.81 bits per heavy atom. The molecule has 0 saturated heterocycles. The van der Waals surface area contributed by atoms with Gasteiger partial charge >= 0.3 is 18.9 Å². The van der Waals surface area contributed by atoms with Gasteiger partial charge < -0.3 is 0 Å². The fourth-order valence-electron chi connectivity index (χ4n) is 2.16. The zero-order chi connectivity index (χ0) is 13.9. The summed E-state index contributed by atoms with van der Waals surface area (Å²) >= 11 is 1.76. The first-order chi connectivity index (χ1) is 9.72. The number of thiophene rings is 1. The van der Waals surface area contributed by atoms with E-state index in [4.69, 9.17) is 0 Å². The molecule has 1 aromatic heterocycles. The van der Waals surface area contributed by atoms with E-state index in [0.29, 0.717) is 0 Å². The Balaban J connectivity index is 0.00000161. The van der Waals surface area contributed by atoms with E-state index in [1.54, 1.807) is 11.3 Å². The molecule has 0 fully saturated rings. The van der Waals surface area contributed by atoms with Crippen molar-refractivity contribution in [3.8, 4) is 10.4 Å². The minimum Gasteiger partial charge on any atom is -0.207 e. The molecule has 0 radical (unpaired) electrons. The zero-order valence-electron chi connectivity index (χ0n) is 12.2. The van der Waals surface area contributed by atoms with E-state index in [9.17, 15) is 4.39 Å². The van der Waals surface area contributed by atoms with E-state index >= 15 is 0 Å². The van der Waals surface area contributed by atoms with Crippen molar-refractivity contribution in [1.82, 2.24) is 0 Å². The van der Waals surface area contributed by atoms with Crippen molar-refractivity contribution in [1.29, 1.82) is 0 Å². The summed E-state index contributed by atoms with van der Waals surface area (Å²) in [5, 5.41) is 0. The smallest absolute Gasteiger partial charge is 0.207 e. The molecular formula is C18H14FLiS. The van der Waals surface area contributed by atoms with Gasteiger partial charge in [-0.05, 0) is 41.1 Å². The summed E-state index contributed by atoms with van der Waals surface area (Å²) in [6, 6.07) is 20.1. The van der Waals surface area contributed by atoms with Gasteiger partial charge in [-0.1, -0.05) is 19.1 Å². The Labute approximate surface area is 140 Å². The van der Waals surface area contributed by atoms with Gasteiger partial charge in [-0.25, -0.2) is 4.39 Å². The predicted molar refractivity (Wildman–Crippen MR) is 82.5 cm³/mol. The van der Waals surface area contributed by atoms with Crippen LogP contribution in [-0.2, 0) is 6.42 Å². The van der Waals surface area contributed by atoms with Gasteiger partial charge in [0.25, 0.3) is 0 Å². The Hall–Kier alpha value is -1.33. The van der Waals surface area contributed by atoms with Crippen LogP contribution < -0.4 is 18.9 Å². The number of hydrogen-bond acceptors (Lipinski definition) is 1. The molecule has 0 spiro atoms. The summed E-state index contributed by atoms with van der Waals surface area (Å²) < 4.78 is 12.9. The molecule has 0 unspecified atom stereocenters. The maximum Gasteiger partial charge on any atom is 1.00 e. The summed E-state index contributed by atoms with van der Waals surface area (Å²) in [6.07, 6.45) is 0.926. The molecule has 2 aromatic carbocycles. The number of rotatable bonds is 3. The van der Waals surface area contributed by atoms with Gasteiger partial charge in [0, 0.05) is 4.88 Å². The minimum absolute atomic E-state index is 0. The molecule has 100 valence electrons. The minimum atomic E-state index is -0.194. The fraction of sp³-hybridized carbons (Fsp3) is 0.111. The van der Waals surface area contributed by atoms with E-state index in [2.05, 4.69) is 31.2 Å². The molecule has 0 bridgehead atoms. The first kappa shape index (κ1) is 16.0. The van der Waals surface area contributed by atoms with Gasteiger partial charge in [0.1, 0.15) is 5.82 Å². The maximum atomic E-state index is 12.9. The first-order valence-electron chi connectivity index (χ1n) is 6.52. The van der Waals surface area contributed by atoms with Crippen molar-refractivity contribution in [3.05, 3.63) is 82.5 Å². The van der Waals surface area contributed by atoms with Gasteiger partial charge in [-0.15, -0.1) is 16.9 Å². The molecule has 0 aliphatic rings. The number of benzene rings is 2. The number of halogens is 1. The molecule has 3 aromatic rings. The molecule has 0 amide bonds. The zero-order valence-corrected chi connectivity index (χ0v) is 13.0. The number of hydrogen-bond donors (Lipinski definition) is 0. The fourth-order valence-corrected chi connectivity index (χ4v) is 3.20. The molecule has 0 nitrogen and oxygen atoms in total. The molecule has 3 heteroatoms. The van der Waals surface area contributed by atoms with Crippen LogP contribution in [0.25, 0.3) is 10.4 Å². The molecule has 0 N–H and O–H groups in total. The van der Waals surface area contributed by atoms with Crippen molar-refractivity contribution < 1.29 is 23.3 Å². The van der Waals surface area contributed by atoms with Crippen LogP contribution in [0.15, 0.2) is 54.6 Å². The Morgan fingerprint density at radius 3 is 2.52 bits per heavy atom. The van der Waals surface area contributed by atoms with Crippen LogP contribution in [-0.4, -0.2) is 0 Å². The van der Waals surface area contributed by atoms with E-state index in [0.717, 1.165) is 12.0 Å². The van der Waals surface area contributed by atoms with Gasteiger partial charge in [-0.3, -0.25) is 0 Å². The normalized spacial score (nSPS) is 10.2. The second kappa shape index (κ2) is 7.09. The quantitative estimate of drug-likeness (QED) is 0.512. The SMILES string of the molecule is Cc1cc[c-]cc1Cc1ccc(-c2ccc(F)cc2)s1.[Li+].